The molecule has 2 aliphatic carbocycles. The van der Waals surface area contributed by atoms with Crippen molar-refractivity contribution in [3.63, 3.8) is 0 Å². The van der Waals surface area contributed by atoms with Crippen molar-refractivity contribution in [3.8, 4) is 39.1 Å². The monoisotopic (exact) mass is 842 g/mol. The van der Waals surface area contributed by atoms with E-state index in [1.807, 2.05) is 0 Å². The molecule has 2 nitrogen and oxygen atoms in total. The molecular weight excluding hydrogens is 797 g/mol. The van der Waals surface area contributed by atoms with E-state index in [4.69, 9.17) is 0 Å². The van der Waals surface area contributed by atoms with E-state index in [1.165, 1.54) is 88.6 Å². The summed E-state index contributed by atoms with van der Waals surface area (Å²) in [6, 6.07) is 90.0. The van der Waals surface area contributed by atoms with Gasteiger partial charge in [0.1, 0.15) is 0 Å². The third kappa shape index (κ3) is 5.55. The molecule has 0 saturated carbocycles. The molecular formula is C64H46N2. The molecule has 66 heavy (non-hydrogen) atoms. The Balaban J connectivity index is 1.02. The zero-order chi connectivity index (χ0) is 44.0. The van der Waals surface area contributed by atoms with Crippen molar-refractivity contribution in [3.05, 3.63) is 276 Å². The van der Waals surface area contributed by atoms with Crippen LogP contribution in [0.4, 0.5) is 17.1 Å². The number of anilines is 3. The van der Waals surface area contributed by atoms with Gasteiger partial charge in [0, 0.05) is 38.9 Å². The van der Waals surface area contributed by atoms with Crippen molar-refractivity contribution in [2.75, 3.05) is 4.90 Å². The number of rotatable bonds is 6. The smallest absolute Gasteiger partial charge is 0.0719 e. The van der Waals surface area contributed by atoms with E-state index in [0.29, 0.717) is 0 Å². The molecule has 0 radical (unpaired) electrons. The predicted octanol–water partition coefficient (Wildman–Crippen LogP) is 16.6. The SMILES string of the molecule is CC1(C)c2ccccc2C2(c3ccccc3-c3ccccc32)c2cc(-c3cccc(N(c4cccc(-c5ccccc5)c4)c4ccc5c(c4)c4ccccc4n5-c4ccccc4)c3)ccc21. The molecule has 0 aliphatic heterocycles. The summed E-state index contributed by atoms with van der Waals surface area (Å²) < 4.78 is 2.39. The minimum absolute atomic E-state index is 0.202. The van der Waals surface area contributed by atoms with E-state index in [2.05, 4.69) is 266 Å². The summed E-state index contributed by atoms with van der Waals surface area (Å²) in [7, 11) is 0. The summed E-state index contributed by atoms with van der Waals surface area (Å²) >= 11 is 0. The molecule has 0 N–H and O–H groups in total. The summed E-state index contributed by atoms with van der Waals surface area (Å²) in [5.41, 5.74) is 21.7. The first-order chi connectivity index (χ1) is 32.5. The lowest BCUT2D eigenvalue weighted by Gasteiger charge is -2.47. The maximum atomic E-state index is 2.52. The number of aromatic nitrogens is 1. The van der Waals surface area contributed by atoms with Crippen LogP contribution < -0.4 is 4.90 Å². The van der Waals surface area contributed by atoms with Gasteiger partial charge in [-0.25, -0.2) is 0 Å². The van der Waals surface area contributed by atoms with Gasteiger partial charge in [0.2, 0.25) is 0 Å². The van der Waals surface area contributed by atoms with E-state index >= 15 is 0 Å². The van der Waals surface area contributed by atoms with Crippen LogP contribution in [-0.2, 0) is 10.8 Å². The Morgan fingerprint density at radius 2 is 0.818 bits per heavy atom. The van der Waals surface area contributed by atoms with Crippen LogP contribution in [-0.4, -0.2) is 4.57 Å². The van der Waals surface area contributed by atoms with Crippen LogP contribution in [0.2, 0.25) is 0 Å². The van der Waals surface area contributed by atoms with Crippen LogP contribution in [0.3, 0.4) is 0 Å². The van der Waals surface area contributed by atoms with Crippen molar-refractivity contribution in [1.29, 1.82) is 0 Å². The van der Waals surface area contributed by atoms with Gasteiger partial charge >= 0.3 is 0 Å². The first-order valence-corrected chi connectivity index (χ1v) is 23.1. The van der Waals surface area contributed by atoms with Crippen LogP contribution in [0.25, 0.3) is 60.9 Å². The summed E-state index contributed by atoms with van der Waals surface area (Å²) in [4.78, 5) is 2.44. The quantitative estimate of drug-likeness (QED) is 0.162. The zero-order valence-corrected chi connectivity index (χ0v) is 37.0. The van der Waals surface area contributed by atoms with Gasteiger partial charge in [0.05, 0.1) is 16.4 Å². The Hall–Kier alpha value is -8.20. The lowest BCUT2D eigenvalue weighted by Crippen LogP contribution is -2.40. The first-order valence-electron chi connectivity index (χ1n) is 23.1. The second-order valence-electron chi connectivity index (χ2n) is 18.5. The van der Waals surface area contributed by atoms with Crippen LogP contribution in [0, 0.1) is 0 Å². The third-order valence-electron chi connectivity index (χ3n) is 14.6. The molecule has 2 aliphatic rings. The molecule has 1 heterocycles. The van der Waals surface area contributed by atoms with Gasteiger partial charge in [0.25, 0.3) is 0 Å². The number of benzene rings is 10. The molecule has 312 valence electrons. The Kier molecular flexibility index (Phi) is 8.51. The lowest BCUT2D eigenvalue weighted by atomic mass is 9.55. The highest BCUT2D eigenvalue weighted by atomic mass is 15.1. The normalized spacial score (nSPS) is 13.8. The second-order valence-corrected chi connectivity index (χ2v) is 18.5. The minimum Gasteiger partial charge on any atom is -0.310 e. The fraction of sp³-hybridized carbons (Fsp3) is 0.0625. The number of nitrogens with zero attached hydrogens (tertiary/aromatic N) is 2. The number of hydrogen-bond acceptors (Lipinski definition) is 1. The van der Waals surface area contributed by atoms with E-state index in [1.54, 1.807) is 0 Å². The Morgan fingerprint density at radius 3 is 1.52 bits per heavy atom. The average molecular weight is 843 g/mol. The molecule has 10 aromatic carbocycles. The lowest BCUT2D eigenvalue weighted by molar-refractivity contribution is 0.563. The van der Waals surface area contributed by atoms with E-state index < -0.39 is 5.41 Å². The van der Waals surface area contributed by atoms with Gasteiger partial charge in [-0.1, -0.05) is 190 Å². The van der Waals surface area contributed by atoms with Crippen LogP contribution in [0.1, 0.15) is 47.2 Å². The second kappa shape index (κ2) is 14.7. The van der Waals surface area contributed by atoms with Gasteiger partial charge in [0.15, 0.2) is 0 Å². The zero-order valence-electron chi connectivity index (χ0n) is 37.0. The third-order valence-corrected chi connectivity index (χ3v) is 14.6. The Labute approximate surface area is 386 Å². The molecule has 0 atom stereocenters. The van der Waals surface area contributed by atoms with E-state index in [0.717, 1.165) is 22.7 Å². The molecule has 2 heteroatoms. The van der Waals surface area contributed by atoms with Crippen LogP contribution in [0.5, 0.6) is 0 Å². The first kappa shape index (κ1) is 38.3. The highest BCUT2D eigenvalue weighted by Crippen LogP contribution is 2.62. The summed E-state index contributed by atoms with van der Waals surface area (Å²) in [5, 5.41) is 2.44. The van der Waals surface area contributed by atoms with E-state index in [9.17, 15) is 0 Å². The fourth-order valence-electron chi connectivity index (χ4n) is 11.7. The van der Waals surface area contributed by atoms with Gasteiger partial charge in [-0.15, -0.1) is 0 Å². The molecule has 0 amide bonds. The average Bonchev–Trinajstić information content (AvgIpc) is 3.87. The number of para-hydroxylation sites is 2. The predicted molar refractivity (Wildman–Crippen MR) is 276 cm³/mol. The van der Waals surface area contributed by atoms with Gasteiger partial charge < -0.3 is 9.47 Å². The maximum absolute atomic E-state index is 2.52. The molecule has 13 rings (SSSR count). The molecule has 0 fully saturated rings. The van der Waals surface area contributed by atoms with Gasteiger partial charge in [-0.05, 0) is 133 Å². The van der Waals surface area contributed by atoms with Crippen molar-refractivity contribution < 1.29 is 0 Å². The molecule has 0 bridgehead atoms. The topological polar surface area (TPSA) is 8.17 Å². The van der Waals surface area contributed by atoms with Crippen LogP contribution in [0.15, 0.2) is 243 Å². The van der Waals surface area contributed by atoms with E-state index in [-0.39, 0.29) is 5.41 Å². The Bertz CT molecular complexity index is 3640. The summed E-state index contributed by atoms with van der Waals surface area (Å²) in [5.74, 6) is 0. The standard InChI is InChI=1S/C64H46N2/c1-63(2)57-32-14-15-33-59(57)64(55-30-12-9-27-51(55)52-28-10-13-31-56(52)64)60-41-46(35-37-58(60)63)45-22-18-26-49(40-45)65(48-25-17-21-44(39-48)43-19-5-3-6-20-43)50-36-38-62-54(42-50)53-29-11-16-34-61(53)66(62)47-23-7-4-8-24-47/h3-42H,1-2H3. The van der Waals surface area contributed by atoms with Crippen molar-refractivity contribution in [1.82, 2.24) is 4.57 Å². The highest BCUT2D eigenvalue weighted by Gasteiger charge is 2.53. The van der Waals surface area contributed by atoms with Crippen LogP contribution >= 0.6 is 0 Å². The minimum atomic E-state index is -0.458. The molecule has 1 aromatic heterocycles. The van der Waals surface area contributed by atoms with Crippen molar-refractivity contribution in [2.45, 2.75) is 24.7 Å². The summed E-state index contributed by atoms with van der Waals surface area (Å²) in [6.07, 6.45) is 0. The van der Waals surface area contributed by atoms with Crippen molar-refractivity contribution >= 4 is 38.9 Å². The number of hydrogen-bond donors (Lipinski definition) is 0. The number of fused-ring (bicyclic) bond motifs is 12. The molecule has 0 unspecified atom stereocenters. The highest BCUT2D eigenvalue weighted by molar-refractivity contribution is 6.10. The summed E-state index contributed by atoms with van der Waals surface area (Å²) in [6.45, 7) is 4.81. The molecule has 11 aromatic rings. The Morgan fingerprint density at radius 1 is 0.318 bits per heavy atom. The largest absolute Gasteiger partial charge is 0.310 e. The van der Waals surface area contributed by atoms with Gasteiger partial charge in [-0.3, -0.25) is 0 Å². The fourth-order valence-corrected chi connectivity index (χ4v) is 11.7. The molecule has 1 spiro atoms. The molecule has 0 saturated heterocycles. The van der Waals surface area contributed by atoms with Gasteiger partial charge in [-0.2, -0.15) is 0 Å². The maximum Gasteiger partial charge on any atom is 0.0719 e. The van der Waals surface area contributed by atoms with Crippen molar-refractivity contribution in [2.24, 2.45) is 0 Å².